The van der Waals surface area contributed by atoms with Crippen LogP contribution in [0.4, 0.5) is 5.82 Å². The fourth-order valence-corrected chi connectivity index (χ4v) is 2.41. The lowest BCUT2D eigenvalue weighted by atomic mass is 10.1. The third kappa shape index (κ3) is 4.46. The van der Waals surface area contributed by atoms with Gasteiger partial charge in [-0.3, -0.25) is 4.79 Å². The Morgan fingerprint density at radius 1 is 1.30 bits per heavy atom. The average Bonchev–Trinajstić information content (AvgIpc) is 2.43. The maximum absolute atomic E-state index is 11.9. The minimum Gasteiger partial charge on any atom is -0.310 e. The Morgan fingerprint density at radius 3 is 2.75 bits per heavy atom. The Hall–Kier alpha value is -1.68. The van der Waals surface area contributed by atoms with Crippen molar-refractivity contribution in [3.8, 4) is 0 Å². The van der Waals surface area contributed by atoms with Crippen molar-refractivity contribution in [3.05, 3.63) is 58.2 Å². The summed E-state index contributed by atoms with van der Waals surface area (Å²) < 4.78 is 0.914. The van der Waals surface area contributed by atoms with Gasteiger partial charge in [0.15, 0.2) is 0 Å². The molecule has 1 N–H and O–H groups in total. The number of aromatic nitrogens is 1. The van der Waals surface area contributed by atoms with Crippen molar-refractivity contribution in [1.82, 2.24) is 4.98 Å². The van der Waals surface area contributed by atoms with Gasteiger partial charge in [0.05, 0.1) is 0 Å². The van der Waals surface area contributed by atoms with Gasteiger partial charge in [-0.15, -0.1) is 0 Å². The van der Waals surface area contributed by atoms with E-state index in [0.717, 1.165) is 22.9 Å². The van der Waals surface area contributed by atoms with Crippen molar-refractivity contribution in [1.29, 1.82) is 0 Å². The van der Waals surface area contributed by atoms with Gasteiger partial charge >= 0.3 is 0 Å². The average molecular weight is 333 g/mol. The van der Waals surface area contributed by atoms with Gasteiger partial charge in [0.1, 0.15) is 5.82 Å². The van der Waals surface area contributed by atoms with Gasteiger partial charge in [-0.05, 0) is 52.9 Å². The number of carbonyl (C=O) groups excluding carboxylic acids is 1. The van der Waals surface area contributed by atoms with E-state index in [2.05, 4.69) is 38.4 Å². The van der Waals surface area contributed by atoms with E-state index in [1.807, 2.05) is 31.2 Å². The normalized spacial score (nSPS) is 10.3. The van der Waals surface area contributed by atoms with E-state index in [0.29, 0.717) is 12.2 Å². The molecular formula is C16H17BrN2O. The topological polar surface area (TPSA) is 42.0 Å². The van der Waals surface area contributed by atoms with Crippen molar-refractivity contribution in [2.24, 2.45) is 0 Å². The Labute approximate surface area is 127 Å². The molecule has 0 fully saturated rings. The van der Waals surface area contributed by atoms with E-state index in [4.69, 9.17) is 0 Å². The minimum absolute atomic E-state index is 0.0128. The second kappa shape index (κ2) is 7.20. The fourth-order valence-electron chi connectivity index (χ4n) is 1.96. The van der Waals surface area contributed by atoms with Gasteiger partial charge in [-0.25, -0.2) is 4.98 Å². The summed E-state index contributed by atoms with van der Waals surface area (Å²) in [6, 6.07) is 12.1. The number of rotatable bonds is 5. The molecule has 20 heavy (non-hydrogen) atoms. The zero-order chi connectivity index (χ0) is 14.4. The quantitative estimate of drug-likeness (QED) is 0.894. The second-order valence-electron chi connectivity index (χ2n) is 4.71. The van der Waals surface area contributed by atoms with Crippen LogP contribution in [0, 0.1) is 6.92 Å². The first-order chi connectivity index (χ1) is 9.65. The van der Waals surface area contributed by atoms with Gasteiger partial charge < -0.3 is 5.32 Å². The maximum Gasteiger partial charge on any atom is 0.225 e. The number of hydrogen-bond donors (Lipinski definition) is 1. The number of benzene rings is 1. The molecule has 0 atom stereocenters. The number of anilines is 1. The van der Waals surface area contributed by atoms with Crippen molar-refractivity contribution in [2.75, 3.05) is 5.32 Å². The fraction of sp³-hybridized carbons (Fsp3) is 0.250. The van der Waals surface area contributed by atoms with Gasteiger partial charge in [-0.1, -0.05) is 30.3 Å². The van der Waals surface area contributed by atoms with Crippen LogP contribution in [0.1, 0.15) is 24.0 Å². The van der Waals surface area contributed by atoms with Crippen LogP contribution in [0.5, 0.6) is 0 Å². The molecule has 4 heteroatoms. The highest BCUT2D eigenvalue weighted by molar-refractivity contribution is 9.10. The largest absolute Gasteiger partial charge is 0.310 e. The van der Waals surface area contributed by atoms with Crippen LogP contribution >= 0.6 is 15.9 Å². The first-order valence-electron chi connectivity index (χ1n) is 6.61. The van der Waals surface area contributed by atoms with Crippen molar-refractivity contribution >= 4 is 27.7 Å². The maximum atomic E-state index is 11.9. The molecule has 1 amide bonds. The van der Waals surface area contributed by atoms with Crippen molar-refractivity contribution in [2.45, 2.75) is 26.2 Å². The lowest BCUT2D eigenvalue weighted by Gasteiger charge is -2.07. The molecular weight excluding hydrogens is 316 g/mol. The highest BCUT2D eigenvalue weighted by Crippen LogP contribution is 2.17. The second-order valence-corrected chi connectivity index (χ2v) is 5.62. The van der Waals surface area contributed by atoms with E-state index in [9.17, 15) is 4.79 Å². The highest BCUT2D eigenvalue weighted by Gasteiger charge is 2.06. The van der Waals surface area contributed by atoms with Crippen LogP contribution < -0.4 is 5.32 Å². The molecule has 0 aliphatic heterocycles. The molecule has 104 valence electrons. The monoisotopic (exact) mass is 332 g/mol. The van der Waals surface area contributed by atoms with Crippen LogP contribution in [0.2, 0.25) is 0 Å². The molecule has 0 bridgehead atoms. The van der Waals surface area contributed by atoms with Crippen LogP contribution in [0.3, 0.4) is 0 Å². The summed E-state index contributed by atoms with van der Waals surface area (Å²) in [7, 11) is 0. The zero-order valence-electron chi connectivity index (χ0n) is 11.4. The number of hydrogen-bond acceptors (Lipinski definition) is 2. The summed E-state index contributed by atoms with van der Waals surface area (Å²) >= 11 is 3.36. The molecule has 1 heterocycles. The summed E-state index contributed by atoms with van der Waals surface area (Å²) in [5.74, 6) is 0.650. The summed E-state index contributed by atoms with van der Waals surface area (Å²) in [6.07, 6.45) is 3.95. The summed E-state index contributed by atoms with van der Waals surface area (Å²) in [4.78, 5) is 16.1. The molecule has 2 aromatic rings. The Balaban J connectivity index is 1.81. The lowest BCUT2D eigenvalue weighted by molar-refractivity contribution is -0.116. The molecule has 0 saturated carbocycles. The molecule has 0 aliphatic rings. The summed E-state index contributed by atoms with van der Waals surface area (Å²) in [5.41, 5.74) is 2.22. The van der Waals surface area contributed by atoms with E-state index >= 15 is 0 Å². The van der Waals surface area contributed by atoms with Crippen LogP contribution in [0.15, 0.2) is 47.1 Å². The van der Waals surface area contributed by atoms with Crippen molar-refractivity contribution in [3.63, 3.8) is 0 Å². The molecule has 1 aromatic carbocycles. The van der Waals surface area contributed by atoms with Gasteiger partial charge in [0, 0.05) is 17.1 Å². The Bertz CT molecular complexity index is 584. The van der Waals surface area contributed by atoms with Gasteiger partial charge in [-0.2, -0.15) is 0 Å². The Kier molecular flexibility index (Phi) is 5.30. The van der Waals surface area contributed by atoms with Crippen molar-refractivity contribution < 1.29 is 4.79 Å². The number of halogens is 1. The molecule has 0 radical (unpaired) electrons. The molecule has 0 aliphatic carbocycles. The molecule has 0 saturated heterocycles. The number of nitrogens with one attached hydrogen (secondary N) is 1. The van der Waals surface area contributed by atoms with Crippen LogP contribution in [-0.2, 0) is 11.2 Å². The standard InChI is InChI=1S/C16H17BrN2O/c1-12-10-14(17)11-18-16(12)19-15(20)9-5-8-13-6-3-2-4-7-13/h2-4,6-7,10-11H,5,8-9H2,1H3,(H,18,19,20). The first-order valence-corrected chi connectivity index (χ1v) is 7.40. The Morgan fingerprint density at radius 2 is 2.05 bits per heavy atom. The van der Waals surface area contributed by atoms with E-state index in [-0.39, 0.29) is 5.91 Å². The minimum atomic E-state index is 0.0128. The summed E-state index contributed by atoms with van der Waals surface area (Å²) in [6.45, 7) is 1.93. The van der Waals surface area contributed by atoms with E-state index < -0.39 is 0 Å². The number of pyridine rings is 1. The van der Waals surface area contributed by atoms with Gasteiger partial charge in [0.2, 0.25) is 5.91 Å². The zero-order valence-corrected chi connectivity index (χ0v) is 13.0. The molecule has 3 nitrogen and oxygen atoms in total. The van der Waals surface area contributed by atoms with Gasteiger partial charge in [0.25, 0.3) is 0 Å². The smallest absolute Gasteiger partial charge is 0.225 e. The number of carbonyl (C=O) groups is 1. The van der Waals surface area contributed by atoms with Crippen LogP contribution in [0.25, 0.3) is 0 Å². The third-order valence-electron chi connectivity index (χ3n) is 3.01. The van der Waals surface area contributed by atoms with Crippen LogP contribution in [-0.4, -0.2) is 10.9 Å². The molecule has 0 spiro atoms. The SMILES string of the molecule is Cc1cc(Br)cnc1NC(=O)CCCc1ccccc1. The third-order valence-corrected chi connectivity index (χ3v) is 3.45. The molecule has 1 aromatic heterocycles. The highest BCUT2D eigenvalue weighted by atomic mass is 79.9. The number of amides is 1. The number of aryl methyl sites for hydroxylation is 2. The predicted octanol–water partition coefficient (Wildman–Crippen LogP) is 4.11. The lowest BCUT2D eigenvalue weighted by Crippen LogP contribution is -2.13. The first kappa shape index (κ1) is 14.7. The predicted molar refractivity (Wildman–Crippen MR) is 84.7 cm³/mol. The summed E-state index contributed by atoms with van der Waals surface area (Å²) in [5, 5.41) is 2.85. The number of nitrogens with zero attached hydrogens (tertiary/aromatic N) is 1. The van der Waals surface area contributed by atoms with E-state index in [1.54, 1.807) is 6.20 Å². The molecule has 2 rings (SSSR count). The molecule has 0 unspecified atom stereocenters. The van der Waals surface area contributed by atoms with E-state index in [1.165, 1.54) is 5.56 Å².